The first kappa shape index (κ1) is 13.1. The van der Waals surface area contributed by atoms with Gasteiger partial charge >= 0.3 is 0 Å². The van der Waals surface area contributed by atoms with E-state index in [1.807, 2.05) is 24.3 Å². The van der Waals surface area contributed by atoms with Gasteiger partial charge in [-0.15, -0.1) is 0 Å². The van der Waals surface area contributed by atoms with Crippen LogP contribution in [0.5, 0.6) is 0 Å². The highest BCUT2D eigenvalue weighted by molar-refractivity contribution is 6.42. The second-order valence-electron chi connectivity index (χ2n) is 4.37. The maximum Gasteiger partial charge on any atom is 0.248 e. The van der Waals surface area contributed by atoms with Gasteiger partial charge in [-0.1, -0.05) is 41.4 Å². The van der Waals surface area contributed by atoms with Crippen molar-refractivity contribution in [2.75, 3.05) is 10.6 Å². The van der Waals surface area contributed by atoms with E-state index in [0.717, 1.165) is 11.3 Å². The van der Waals surface area contributed by atoms with Crippen molar-refractivity contribution < 1.29 is 4.79 Å². The number of halogens is 2. The van der Waals surface area contributed by atoms with Crippen molar-refractivity contribution in [2.45, 2.75) is 12.5 Å². The Morgan fingerprint density at radius 2 is 2.10 bits per heavy atom. The molecule has 1 aliphatic heterocycles. The van der Waals surface area contributed by atoms with Crippen LogP contribution in [0, 0.1) is 0 Å². The van der Waals surface area contributed by atoms with Crippen molar-refractivity contribution in [3.05, 3.63) is 46.3 Å². The van der Waals surface area contributed by atoms with Gasteiger partial charge in [0.25, 0.3) is 0 Å². The number of carbonyl (C=O) groups excluding carboxylic acids is 1. The van der Waals surface area contributed by atoms with Crippen LogP contribution in [0.3, 0.4) is 0 Å². The number of para-hydroxylation sites is 1. The monoisotopic (exact) mass is 308 g/mol. The fourth-order valence-electron chi connectivity index (χ4n) is 2.10. The molecule has 1 aliphatic rings. The molecule has 0 radical (unpaired) electrons. The summed E-state index contributed by atoms with van der Waals surface area (Å²) in [4.78, 5) is 19.9. The lowest BCUT2D eigenvalue weighted by Crippen LogP contribution is -2.33. The minimum absolute atomic E-state index is 0.111. The normalized spacial score (nSPS) is 16.4. The molecule has 3 rings (SSSR count). The fourth-order valence-corrected chi connectivity index (χ4v) is 2.37. The van der Waals surface area contributed by atoms with E-state index >= 15 is 0 Å². The van der Waals surface area contributed by atoms with E-state index in [1.54, 1.807) is 0 Å². The zero-order valence-electron chi connectivity index (χ0n) is 10.2. The molecule has 0 saturated carbocycles. The van der Waals surface area contributed by atoms with Gasteiger partial charge in [-0.3, -0.25) is 4.79 Å². The second kappa shape index (κ2) is 5.26. The molecule has 7 heteroatoms. The molecular formula is C13H10Cl2N4O. The summed E-state index contributed by atoms with van der Waals surface area (Å²) in [6.45, 7) is 0. The van der Waals surface area contributed by atoms with Gasteiger partial charge < -0.3 is 10.6 Å². The zero-order valence-corrected chi connectivity index (χ0v) is 11.7. The van der Waals surface area contributed by atoms with E-state index < -0.39 is 0 Å². The van der Waals surface area contributed by atoms with E-state index in [-0.39, 0.29) is 27.9 Å². The Hall–Kier alpha value is -1.85. The third-order valence-electron chi connectivity index (χ3n) is 3.08. The molecule has 2 heterocycles. The lowest BCUT2D eigenvalue weighted by molar-refractivity contribution is -0.116. The molecule has 0 unspecified atom stereocenters. The van der Waals surface area contributed by atoms with Crippen LogP contribution in [0.25, 0.3) is 0 Å². The van der Waals surface area contributed by atoms with Gasteiger partial charge in [-0.2, -0.15) is 0 Å². The predicted molar refractivity (Wildman–Crippen MR) is 78.2 cm³/mol. The summed E-state index contributed by atoms with van der Waals surface area (Å²) in [7, 11) is 0. The Labute approximate surface area is 125 Å². The summed E-state index contributed by atoms with van der Waals surface area (Å²) in [6, 6.07) is 7.45. The first-order valence-electron chi connectivity index (χ1n) is 5.96. The quantitative estimate of drug-likeness (QED) is 0.837. The summed E-state index contributed by atoms with van der Waals surface area (Å²) in [5.74, 6) is 0.00675. The minimum Gasteiger partial charge on any atom is -0.373 e. The number of benzene rings is 1. The average Bonchev–Trinajstić information content (AvgIpc) is 2.88. The van der Waals surface area contributed by atoms with Gasteiger partial charge in [-0.05, 0) is 11.6 Å². The largest absolute Gasteiger partial charge is 0.373 e. The predicted octanol–water partition coefficient (Wildman–Crippen LogP) is 2.76. The molecule has 102 valence electrons. The first-order valence-corrected chi connectivity index (χ1v) is 6.72. The lowest BCUT2D eigenvalue weighted by Gasteiger charge is -2.12. The topological polar surface area (TPSA) is 66.9 Å². The van der Waals surface area contributed by atoms with E-state index in [2.05, 4.69) is 20.6 Å². The number of rotatable bonds is 2. The Morgan fingerprint density at radius 1 is 1.30 bits per heavy atom. The number of anilines is 2. The van der Waals surface area contributed by atoms with Crippen LogP contribution in [0.1, 0.15) is 5.56 Å². The summed E-state index contributed by atoms with van der Waals surface area (Å²) < 4.78 is 0. The molecular weight excluding hydrogens is 299 g/mol. The molecule has 0 bridgehead atoms. The molecule has 0 spiro atoms. The van der Waals surface area contributed by atoms with E-state index in [0.29, 0.717) is 6.42 Å². The maximum absolute atomic E-state index is 12.2. The highest BCUT2D eigenvalue weighted by atomic mass is 35.5. The lowest BCUT2D eigenvalue weighted by atomic mass is 10.1. The van der Waals surface area contributed by atoms with Crippen LogP contribution < -0.4 is 10.6 Å². The van der Waals surface area contributed by atoms with Crippen LogP contribution in [0.15, 0.2) is 30.6 Å². The van der Waals surface area contributed by atoms with Gasteiger partial charge in [-0.25, -0.2) is 9.97 Å². The number of amides is 1. The van der Waals surface area contributed by atoms with Crippen molar-refractivity contribution >= 4 is 40.6 Å². The molecule has 0 aliphatic carbocycles. The second-order valence-corrected chi connectivity index (χ2v) is 5.11. The minimum atomic E-state index is -0.350. The van der Waals surface area contributed by atoms with Crippen molar-refractivity contribution in [2.24, 2.45) is 0 Å². The number of aromatic nitrogens is 2. The zero-order chi connectivity index (χ0) is 14.1. The summed E-state index contributed by atoms with van der Waals surface area (Å²) >= 11 is 11.7. The fraction of sp³-hybridized carbons (Fsp3) is 0.154. The smallest absolute Gasteiger partial charge is 0.248 e. The third kappa shape index (κ3) is 2.42. The molecule has 2 aromatic rings. The number of hydrogen-bond acceptors (Lipinski definition) is 4. The molecule has 1 amide bonds. The Morgan fingerprint density at radius 3 is 2.90 bits per heavy atom. The van der Waals surface area contributed by atoms with Gasteiger partial charge in [0.05, 0.1) is 0 Å². The summed E-state index contributed by atoms with van der Waals surface area (Å²) in [6.07, 6.45) is 1.87. The number of hydrogen-bond donors (Lipinski definition) is 2. The number of fused-ring (bicyclic) bond motifs is 1. The first-order chi connectivity index (χ1) is 9.65. The van der Waals surface area contributed by atoms with Gasteiger partial charge in [0.15, 0.2) is 11.0 Å². The maximum atomic E-state index is 12.2. The van der Waals surface area contributed by atoms with E-state index in [1.165, 1.54) is 6.33 Å². The molecule has 1 aromatic carbocycles. The molecule has 2 N–H and O–H groups in total. The number of nitrogens with one attached hydrogen (secondary N) is 2. The molecule has 1 atom stereocenters. The van der Waals surface area contributed by atoms with Gasteiger partial charge in [0, 0.05) is 12.1 Å². The molecule has 0 saturated heterocycles. The van der Waals surface area contributed by atoms with Gasteiger partial charge in [0.1, 0.15) is 17.4 Å². The highest BCUT2D eigenvalue weighted by Gasteiger charge is 2.27. The van der Waals surface area contributed by atoms with Crippen LogP contribution in [-0.4, -0.2) is 21.9 Å². The SMILES string of the molecule is O=C(Nc1ncnc(Cl)c1Cl)[C@@H]1Cc2ccccc2N1. The van der Waals surface area contributed by atoms with Crippen LogP contribution in [0.2, 0.25) is 10.2 Å². The number of carbonyl (C=O) groups is 1. The summed E-state index contributed by atoms with van der Waals surface area (Å²) in [5, 5.41) is 6.06. The van der Waals surface area contributed by atoms with Crippen LogP contribution in [0.4, 0.5) is 11.5 Å². The van der Waals surface area contributed by atoms with E-state index in [9.17, 15) is 4.79 Å². The third-order valence-corrected chi connectivity index (χ3v) is 3.82. The van der Waals surface area contributed by atoms with Crippen molar-refractivity contribution in [3.63, 3.8) is 0 Å². The average molecular weight is 309 g/mol. The van der Waals surface area contributed by atoms with Gasteiger partial charge in [0.2, 0.25) is 5.91 Å². The molecule has 20 heavy (non-hydrogen) atoms. The molecule has 5 nitrogen and oxygen atoms in total. The summed E-state index contributed by atoms with van der Waals surface area (Å²) in [5.41, 5.74) is 2.08. The van der Waals surface area contributed by atoms with Crippen molar-refractivity contribution in [1.82, 2.24) is 9.97 Å². The van der Waals surface area contributed by atoms with Crippen LogP contribution >= 0.6 is 23.2 Å². The Balaban J connectivity index is 1.74. The van der Waals surface area contributed by atoms with Crippen LogP contribution in [-0.2, 0) is 11.2 Å². The van der Waals surface area contributed by atoms with Crippen molar-refractivity contribution in [1.29, 1.82) is 0 Å². The van der Waals surface area contributed by atoms with E-state index in [4.69, 9.17) is 23.2 Å². The van der Waals surface area contributed by atoms with Crippen molar-refractivity contribution in [3.8, 4) is 0 Å². The standard InChI is InChI=1S/C13H10Cl2N4O/c14-10-11(15)16-6-17-12(10)19-13(20)9-5-7-3-1-2-4-8(7)18-9/h1-4,6,9,18H,5H2,(H,16,17,19,20)/t9-/m0/s1. The molecule has 0 fully saturated rings. The Kier molecular flexibility index (Phi) is 3.46. The highest BCUT2D eigenvalue weighted by Crippen LogP contribution is 2.28. The Bertz CT molecular complexity index is 652. The number of nitrogens with zero attached hydrogens (tertiary/aromatic N) is 2. The molecule has 1 aromatic heterocycles.